The van der Waals surface area contributed by atoms with Gasteiger partial charge in [0.2, 0.25) is 0 Å². The van der Waals surface area contributed by atoms with E-state index in [2.05, 4.69) is 4.90 Å². The molecule has 0 radical (unpaired) electrons. The van der Waals surface area contributed by atoms with Crippen LogP contribution in [0.1, 0.15) is 11.3 Å². The summed E-state index contributed by atoms with van der Waals surface area (Å²) in [6.45, 7) is 1.56. The second kappa shape index (κ2) is 5.46. The Morgan fingerprint density at radius 3 is 2.75 bits per heavy atom. The molecule has 5 heteroatoms. The van der Waals surface area contributed by atoms with Crippen LogP contribution in [0.5, 0.6) is 5.75 Å². The lowest BCUT2D eigenvalue weighted by atomic mass is 9.99. The molecule has 2 N–H and O–H groups in total. The SMILES string of the molecule is COc1ccc(-c2cccc3c(N)c4c(nc23)CN(C)C4)c(F)c1. The van der Waals surface area contributed by atoms with Crippen molar-refractivity contribution in [3.63, 3.8) is 0 Å². The van der Waals surface area contributed by atoms with Crippen molar-refractivity contribution in [2.45, 2.75) is 13.1 Å². The van der Waals surface area contributed by atoms with Crippen molar-refractivity contribution in [3.8, 4) is 16.9 Å². The fraction of sp³-hybridized carbons (Fsp3) is 0.211. The molecule has 0 spiro atoms. The Morgan fingerprint density at radius 1 is 1.17 bits per heavy atom. The Hall–Kier alpha value is -2.66. The first-order chi connectivity index (χ1) is 11.6. The van der Waals surface area contributed by atoms with Gasteiger partial charge < -0.3 is 10.5 Å². The first kappa shape index (κ1) is 14.9. The van der Waals surface area contributed by atoms with Crippen LogP contribution in [-0.2, 0) is 13.1 Å². The van der Waals surface area contributed by atoms with E-state index in [1.54, 1.807) is 12.1 Å². The van der Waals surface area contributed by atoms with Crippen LogP contribution in [0.2, 0.25) is 0 Å². The first-order valence-corrected chi connectivity index (χ1v) is 7.81. The summed E-state index contributed by atoms with van der Waals surface area (Å²) in [6, 6.07) is 10.6. The number of fused-ring (bicyclic) bond motifs is 2. The molecule has 0 saturated heterocycles. The van der Waals surface area contributed by atoms with Crippen molar-refractivity contribution in [2.75, 3.05) is 19.9 Å². The first-order valence-electron chi connectivity index (χ1n) is 7.81. The highest BCUT2D eigenvalue weighted by atomic mass is 19.1. The Kier molecular flexibility index (Phi) is 3.39. The number of halogens is 1. The average molecular weight is 323 g/mol. The van der Waals surface area contributed by atoms with E-state index in [1.807, 2.05) is 25.2 Å². The molecule has 0 bridgehead atoms. The molecule has 0 atom stereocenters. The minimum Gasteiger partial charge on any atom is -0.497 e. The summed E-state index contributed by atoms with van der Waals surface area (Å²) in [5.74, 6) is 0.159. The summed E-state index contributed by atoms with van der Waals surface area (Å²) in [5, 5.41) is 0.872. The highest BCUT2D eigenvalue weighted by Gasteiger charge is 2.23. The number of benzene rings is 2. The van der Waals surface area contributed by atoms with E-state index in [1.165, 1.54) is 13.2 Å². The van der Waals surface area contributed by atoms with Gasteiger partial charge in [0.05, 0.1) is 18.3 Å². The maximum absolute atomic E-state index is 14.5. The predicted octanol–water partition coefficient (Wildman–Crippen LogP) is 3.58. The highest BCUT2D eigenvalue weighted by molar-refractivity contribution is 6.01. The second-order valence-electron chi connectivity index (χ2n) is 6.17. The monoisotopic (exact) mass is 323 g/mol. The van der Waals surface area contributed by atoms with Crippen LogP contribution >= 0.6 is 0 Å². The molecule has 0 amide bonds. The van der Waals surface area contributed by atoms with Gasteiger partial charge in [0.1, 0.15) is 11.6 Å². The van der Waals surface area contributed by atoms with Gasteiger partial charge in [-0.2, -0.15) is 0 Å². The molecule has 4 nitrogen and oxygen atoms in total. The van der Waals surface area contributed by atoms with E-state index in [0.29, 0.717) is 11.3 Å². The number of para-hydroxylation sites is 1. The minimum absolute atomic E-state index is 0.333. The quantitative estimate of drug-likeness (QED) is 0.783. The van der Waals surface area contributed by atoms with Crippen LogP contribution < -0.4 is 10.5 Å². The molecule has 1 aliphatic heterocycles. The third-order valence-electron chi connectivity index (χ3n) is 4.56. The lowest BCUT2D eigenvalue weighted by molar-refractivity contribution is 0.351. The van der Waals surface area contributed by atoms with Gasteiger partial charge in [-0.25, -0.2) is 4.39 Å². The van der Waals surface area contributed by atoms with Crippen LogP contribution in [0, 0.1) is 5.82 Å². The van der Waals surface area contributed by atoms with Gasteiger partial charge in [-0.15, -0.1) is 0 Å². The largest absolute Gasteiger partial charge is 0.497 e. The summed E-state index contributed by atoms with van der Waals surface area (Å²) in [5.41, 5.74) is 11.2. The van der Waals surface area contributed by atoms with E-state index in [-0.39, 0.29) is 5.82 Å². The number of hydrogen-bond acceptors (Lipinski definition) is 4. The van der Waals surface area contributed by atoms with Crippen molar-refractivity contribution in [3.05, 3.63) is 53.5 Å². The van der Waals surface area contributed by atoms with E-state index in [4.69, 9.17) is 15.5 Å². The van der Waals surface area contributed by atoms with Gasteiger partial charge in [-0.05, 0) is 19.2 Å². The molecule has 24 heavy (non-hydrogen) atoms. The molecule has 2 heterocycles. The summed E-state index contributed by atoms with van der Waals surface area (Å²) in [6.07, 6.45) is 0. The molecule has 0 saturated carbocycles. The third-order valence-corrected chi connectivity index (χ3v) is 4.56. The van der Waals surface area contributed by atoms with Gasteiger partial charge in [0.15, 0.2) is 0 Å². The van der Waals surface area contributed by atoms with Crippen molar-refractivity contribution < 1.29 is 9.13 Å². The number of anilines is 1. The minimum atomic E-state index is -0.333. The van der Waals surface area contributed by atoms with Crippen molar-refractivity contribution in [2.24, 2.45) is 0 Å². The maximum Gasteiger partial charge on any atom is 0.134 e. The predicted molar refractivity (Wildman–Crippen MR) is 93.3 cm³/mol. The molecule has 0 unspecified atom stereocenters. The van der Waals surface area contributed by atoms with E-state index in [9.17, 15) is 4.39 Å². The zero-order valence-electron chi connectivity index (χ0n) is 13.6. The van der Waals surface area contributed by atoms with Gasteiger partial charge in [0.25, 0.3) is 0 Å². The van der Waals surface area contributed by atoms with Crippen LogP contribution in [0.4, 0.5) is 10.1 Å². The molecule has 0 aliphatic carbocycles. The van der Waals surface area contributed by atoms with Crippen LogP contribution in [-0.4, -0.2) is 24.0 Å². The molecule has 0 fully saturated rings. The topological polar surface area (TPSA) is 51.4 Å². The zero-order valence-corrected chi connectivity index (χ0v) is 13.6. The van der Waals surface area contributed by atoms with Gasteiger partial charge >= 0.3 is 0 Å². The molecule has 1 aromatic heterocycles. The number of nitrogens with two attached hydrogens (primary N) is 1. The third kappa shape index (κ3) is 2.20. The fourth-order valence-electron chi connectivity index (χ4n) is 3.35. The Balaban J connectivity index is 1.98. The average Bonchev–Trinajstić information content (AvgIpc) is 2.95. The fourth-order valence-corrected chi connectivity index (χ4v) is 3.35. The summed E-state index contributed by atoms with van der Waals surface area (Å²) >= 11 is 0. The Bertz CT molecular complexity index is 955. The van der Waals surface area contributed by atoms with E-state index >= 15 is 0 Å². The summed E-state index contributed by atoms with van der Waals surface area (Å²) in [7, 11) is 3.56. The van der Waals surface area contributed by atoms with Crippen LogP contribution in [0.25, 0.3) is 22.0 Å². The Morgan fingerprint density at radius 2 is 2.00 bits per heavy atom. The van der Waals surface area contributed by atoms with E-state index < -0.39 is 0 Å². The number of nitrogen functional groups attached to an aromatic ring is 1. The lowest BCUT2D eigenvalue weighted by Crippen LogP contribution is -2.08. The van der Waals surface area contributed by atoms with Gasteiger partial charge in [-0.3, -0.25) is 9.88 Å². The number of nitrogens with zero attached hydrogens (tertiary/aromatic N) is 2. The smallest absolute Gasteiger partial charge is 0.134 e. The summed E-state index contributed by atoms with van der Waals surface area (Å²) in [4.78, 5) is 6.97. The molecular formula is C19H18FN3O. The van der Waals surface area contributed by atoms with Gasteiger partial charge in [0, 0.05) is 46.9 Å². The molecule has 1 aliphatic rings. The molecule has 2 aromatic carbocycles. The lowest BCUT2D eigenvalue weighted by Gasteiger charge is -2.12. The molecule has 4 rings (SSSR count). The number of methoxy groups -OCH3 is 1. The van der Waals surface area contributed by atoms with Gasteiger partial charge in [-0.1, -0.05) is 18.2 Å². The van der Waals surface area contributed by atoms with Crippen molar-refractivity contribution in [1.29, 1.82) is 0 Å². The van der Waals surface area contributed by atoms with Crippen LogP contribution in [0.15, 0.2) is 36.4 Å². The molecule has 122 valence electrons. The normalized spacial score (nSPS) is 14.1. The second-order valence-corrected chi connectivity index (χ2v) is 6.17. The van der Waals surface area contributed by atoms with Crippen LogP contribution in [0.3, 0.4) is 0 Å². The summed E-state index contributed by atoms with van der Waals surface area (Å²) < 4.78 is 19.6. The highest BCUT2D eigenvalue weighted by Crippen LogP contribution is 2.37. The number of hydrogen-bond donors (Lipinski definition) is 1. The number of rotatable bonds is 2. The number of ether oxygens (including phenoxy) is 1. The number of aromatic nitrogens is 1. The van der Waals surface area contributed by atoms with E-state index in [0.717, 1.165) is 46.5 Å². The van der Waals surface area contributed by atoms with Crippen molar-refractivity contribution >= 4 is 16.6 Å². The molecular weight excluding hydrogens is 305 g/mol. The molecule has 3 aromatic rings. The number of pyridine rings is 1. The standard InChI is InChI=1S/C19H18FN3O/c1-23-9-15-17(10-23)22-19-13(4-3-5-14(19)18(15)21)12-7-6-11(24-2)8-16(12)20/h3-8H,9-10H2,1-2H3,(H2,21,22). The maximum atomic E-state index is 14.5. The Labute approximate surface area is 139 Å². The zero-order chi connectivity index (χ0) is 16.8. The van der Waals surface area contributed by atoms with Crippen molar-refractivity contribution in [1.82, 2.24) is 9.88 Å².